The summed E-state index contributed by atoms with van der Waals surface area (Å²) < 4.78 is 16.8. The highest BCUT2D eigenvalue weighted by atomic mass is 16.5. The molecule has 0 aromatic heterocycles. The zero-order valence-electron chi connectivity index (χ0n) is 17.3. The maximum Gasteiger partial charge on any atom is 0.337 e. The van der Waals surface area contributed by atoms with Gasteiger partial charge in [0.05, 0.1) is 31.5 Å². The van der Waals surface area contributed by atoms with Crippen LogP contribution in [-0.4, -0.2) is 30.9 Å². The first-order valence-corrected chi connectivity index (χ1v) is 10.1. The van der Waals surface area contributed by atoms with E-state index in [0.717, 1.165) is 34.6 Å². The number of carbonyl (C=O) groups excluding carboxylic acids is 1. The average molecular weight is 414 g/mol. The topological polar surface area (TPSA) is 60.4 Å². The van der Waals surface area contributed by atoms with Crippen molar-refractivity contribution in [2.24, 2.45) is 5.10 Å². The summed E-state index contributed by atoms with van der Waals surface area (Å²) >= 11 is 0. The summed E-state index contributed by atoms with van der Waals surface area (Å²) in [5.41, 5.74) is 4.55. The molecule has 6 nitrogen and oxygen atoms in total. The molecule has 31 heavy (non-hydrogen) atoms. The van der Waals surface area contributed by atoms with Gasteiger partial charge in [-0.25, -0.2) is 9.80 Å². The summed E-state index contributed by atoms with van der Waals surface area (Å²) in [5, 5.41) is 6.97. The van der Waals surface area contributed by atoms with Crippen LogP contribution in [0.3, 0.4) is 0 Å². The fraction of sp³-hybridized carbons (Fsp3) is 0.200. The second kappa shape index (κ2) is 7.80. The number of hydrazone groups is 1. The van der Waals surface area contributed by atoms with Gasteiger partial charge in [-0.2, -0.15) is 5.10 Å². The average Bonchev–Trinajstić information content (AvgIpc) is 3.29. The molecule has 156 valence electrons. The van der Waals surface area contributed by atoms with Crippen LogP contribution in [0.15, 0.2) is 77.9 Å². The first-order chi connectivity index (χ1) is 15.2. The molecule has 6 heteroatoms. The highest BCUT2D eigenvalue weighted by Crippen LogP contribution is 2.50. The number of methoxy groups -OCH3 is 2. The standard InChI is InChI=1S/C25H22N2O4/c1-29-22-10-6-9-19-21-15-20(16-7-4-3-5-8-16)26-27(21)24(31-23(19)22)17-11-13-18(14-12-17)25(28)30-2/h3-14,21,24H,15H2,1-2H3/t21-,24+/m1/s1. The first kappa shape index (κ1) is 19.2. The van der Waals surface area contributed by atoms with Crippen molar-refractivity contribution < 1.29 is 19.0 Å². The Morgan fingerprint density at radius 1 is 1.00 bits per heavy atom. The largest absolute Gasteiger partial charge is 0.493 e. The van der Waals surface area contributed by atoms with Crippen LogP contribution >= 0.6 is 0 Å². The van der Waals surface area contributed by atoms with Gasteiger partial charge < -0.3 is 14.2 Å². The van der Waals surface area contributed by atoms with Gasteiger partial charge in [0.1, 0.15) is 0 Å². The van der Waals surface area contributed by atoms with Gasteiger partial charge in [0, 0.05) is 17.5 Å². The third-order valence-electron chi connectivity index (χ3n) is 5.72. The maximum atomic E-state index is 11.8. The minimum Gasteiger partial charge on any atom is -0.493 e. The summed E-state index contributed by atoms with van der Waals surface area (Å²) in [6.07, 6.45) is 0.325. The highest BCUT2D eigenvalue weighted by Gasteiger charge is 2.42. The van der Waals surface area contributed by atoms with Crippen LogP contribution in [0, 0.1) is 0 Å². The predicted molar refractivity (Wildman–Crippen MR) is 116 cm³/mol. The van der Waals surface area contributed by atoms with Crippen LogP contribution in [0.2, 0.25) is 0 Å². The molecule has 0 saturated heterocycles. The van der Waals surface area contributed by atoms with E-state index in [1.807, 2.05) is 47.5 Å². The maximum absolute atomic E-state index is 11.8. The molecule has 0 unspecified atom stereocenters. The molecule has 0 spiro atoms. The van der Waals surface area contributed by atoms with Crippen molar-refractivity contribution in [2.45, 2.75) is 18.7 Å². The van der Waals surface area contributed by atoms with E-state index < -0.39 is 6.23 Å². The van der Waals surface area contributed by atoms with Crippen molar-refractivity contribution in [3.8, 4) is 11.5 Å². The number of benzene rings is 3. The van der Waals surface area contributed by atoms with Crippen molar-refractivity contribution >= 4 is 11.7 Å². The highest BCUT2D eigenvalue weighted by molar-refractivity contribution is 6.02. The smallest absolute Gasteiger partial charge is 0.337 e. The van der Waals surface area contributed by atoms with Gasteiger partial charge in [0.15, 0.2) is 11.5 Å². The fourth-order valence-corrected chi connectivity index (χ4v) is 4.17. The van der Waals surface area contributed by atoms with Crippen LogP contribution in [-0.2, 0) is 4.74 Å². The number of para-hydroxylation sites is 1. The Hall–Kier alpha value is -3.80. The summed E-state index contributed by atoms with van der Waals surface area (Å²) in [5.74, 6) is 1.06. The van der Waals surface area contributed by atoms with Crippen LogP contribution < -0.4 is 9.47 Å². The predicted octanol–water partition coefficient (Wildman–Crippen LogP) is 4.72. The Labute approximate surface area is 180 Å². The Morgan fingerprint density at radius 2 is 1.77 bits per heavy atom. The molecule has 0 radical (unpaired) electrons. The first-order valence-electron chi connectivity index (χ1n) is 10.1. The third kappa shape index (κ3) is 3.30. The molecule has 2 aliphatic heterocycles. The summed E-state index contributed by atoms with van der Waals surface area (Å²) in [6, 6.07) is 23.4. The van der Waals surface area contributed by atoms with Crippen molar-refractivity contribution in [3.05, 3.63) is 95.1 Å². The molecule has 2 aliphatic rings. The van der Waals surface area contributed by atoms with Crippen LogP contribution in [0.1, 0.15) is 45.7 Å². The monoisotopic (exact) mass is 414 g/mol. The number of fused-ring (bicyclic) bond motifs is 3. The van der Waals surface area contributed by atoms with Gasteiger partial charge in [-0.05, 0) is 23.8 Å². The number of ether oxygens (including phenoxy) is 3. The summed E-state index contributed by atoms with van der Waals surface area (Å²) in [7, 11) is 3.02. The van der Waals surface area contributed by atoms with Gasteiger partial charge in [0.25, 0.3) is 0 Å². The molecule has 2 heterocycles. The van der Waals surface area contributed by atoms with Crippen LogP contribution in [0.5, 0.6) is 11.5 Å². The van der Waals surface area contributed by atoms with Gasteiger partial charge in [-0.15, -0.1) is 0 Å². The van der Waals surface area contributed by atoms with Gasteiger partial charge in [-0.1, -0.05) is 54.6 Å². The molecular formula is C25H22N2O4. The van der Waals surface area contributed by atoms with E-state index >= 15 is 0 Å². The van der Waals surface area contributed by atoms with Crippen LogP contribution in [0.4, 0.5) is 0 Å². The normalized spacial score (nSPS) is 19.0. The molecule has 3 aromatic carbocycles. The molecule has 0 aliphatic carbocycles. The van der Waals surface area contributed by atoms with Gasteiger partial charge in [0.2, 0.25) is 6.23 Å². The second-order valence-electron chi connectivity index (χ2n) is 7.48. The van der Waals surface area contributed by atoms with E-state index in [-0.39, 0.29) is 12.0 Å². The zero-order valence-corrected chi connectivity index (χ0v) is 17.3. The molecule has 2 atom stereocenters. The molecule has 5 rings (SSSR count). The fourth-order valence-electron chi connectivity index (χ4n) is 4.17. The molecule has 0 amide bonds. The summed E-state index contributed by atoms with van der Waals surface area (Å²) in [6.45, 7) is 0. The van der Waals surface area contributed by atoms with E-state index in [2.05, 4.69) is 18.2 Å². The number of carbonyl (C=O) groups is 1. The van der Waals surface area contributed by atoms with Crippen LogP contribution in [0.25, 0.3) is 0 Å². The number of hydrogen-bond acceptors (Lipinski definition) is 6. The van der Waals surface area contributed by atoms with Crippen molar-refractivity contribution in [2.75, 3.05) is 14.2 Å². The Balaban J connectivity index is 1.58. The Bertz CT molecular complexity index is 1140. The van der Waals surface area contributed by atoms with Crippen molar-refractivity contribution in [1.82, 2.24) is 5.01 Å². The SMILES string of the molecule is COC(=O)c1ccc([C@@H]2Oc3c(OC)cccc3[C@H]3CC(c4ccccc4)=NN32)cc1. The summed E-state index contributed by atoms with van der Waals surface area (Å²) in [4.78, 5) is 11.8. The molecule has 0 N–H and O–H groups in total. The number of hydrogen-bond donors (Lipinski definition) is 0. The van der Waals surface area contributed by atoms with Gasteiger partial charge in [-0.3, -0.25) is 0 Å². The lowest BCUT2D eigenvalue weighted by Crippen LogP contribution is -2.33. The van der Waals surface area contributed by atoms with E-state index in [1.165, 1.54) is 7.11 Å². The zero-order chi connectivity index (χ0) is 21.4. The Kier molecular flexibility index (Phi) is 4.82. The third-order valence-corrected chi connectivity index (χ3v) is 5.72. The van der Waals surface area contributed by atoms with Crippen molar-refractivity contribution in [1.29, 1.82) is 0 Å². The van der Waals surface area contributed by atoms with Crippen molar-refractivity contribution in [3.63, 3.8) is 0 Å². The van der Waals surface area contributed by atoms with E-state index in [4.69, 9.17) is 19.3 Å². The number of nitrogens with zero attached hydrogens (tertiary/aromatic N) is 2. The number of rotatable bonds is 4. The van der Waals surface area contributed by atoms with E-state index in [0.29, 0.717) is 11.3 Å². The lowest BCUT2D eigenvalue weighted by atomic mass is 9.95. The number of esters is 1. The molecular weight excluding hydrogens is 392 g/mol. The van der Waals surface area contributed by atoms with E-state index in [9.17, 15) is 4.79 Å². The minimum absolute atomic E-state index is 0.0272. The van der Waals surface area contributed by atoms with Gasteiger partial charge >= 0.3 is 5.97 Å². The minimum atomic E-state index is -0.443. The molecule has 3 aromatic rings. The lowest BCUT2D eigenvalue weighted by molar-refractivity contribution is -0.0209. The van der Waals surface area contributed by atoms with E-state index in [1.54, 1.807) is 19.2 Å². The second-order valence-corrected chi connectivity index (χ2v) is 7.48. The molecule has 0 saturated carbocycles. The Morgan fingerprint density at radius 3 is 2.48 bits per heavy atom. The quantitative estimate of drug-likeness (QED) is 0.578. The molecule has 0 fully saturated rings. The molecule has 0 bridgehead atoms. The lowest BCUT2D eigenvalue weighted by Gasteiger charge is -2.38.